The van der Waals surface area contributed by atoms with E-state index in [0.29, 0.717) is 0 Å². The molecule has 3 nitrogen and oxygen atoms in total. The van der Waals surface area contributed by atoms with Crippen molar-refractivity contribution in [2.24, 2.45) is 0 Å². The smallest absolute Gasteiger partial charge is 0.198 e. The minimum atomic E-state index is 0.775. The van der Waals surface area contributed by atoms with Crippen LogP contribution in [0.4, 0.5) is 5.13 Å². The zero-order valence-corrected chi connectivity index (χ0v) is 10.6. The molecule has 2 aromatic carbocycles. The van der Waals surface area contributed by atoms with Gasteiger partial charge in [0.1, 0.15) is 0 Å². The summed E-state index contributed by atoms with van der Waals surface area (Å²) in [6, 6.07) is 18.4. The Morgan fingerprint density at radius 2 is 1.72 bits per heavy atom. The lowest BCUT2D eigenvalue weighted by atomic mass is 10.2. The van der Waals surface area contributed by atoms with Crippen LogP contribution in [0, 0.1) is 0 Å². The van der Waals surface area contributed by atoms with E-state index < -0.39 is 0 Å². The van der Waals surface area contributed by atoms with Crippen molar-refractivity contribution >= 4 is 26.7 Å². The molecular formula is C14H13N3S. The Kier molecular flexibility index (Phi) is 3.21. The highest BCUT2D eigenvalue weighted by molar-refractivity contribution is 7.22. The molecule has 0 bridgehead atoms. The van der Waals surface area contributed by atoms with Gasteiger partial charge in [-0.15, -0.1) is 0 Å². The van der Waals surface area contributed by atoms with Crippen molar-refractivity contribution in [1.82, 2.24) is 10.4 Å². The van der Waals surface area contributed by atoms with Gasteiger partial charge >= 0.3 is 0 Å². The van der Waals surface area contributed by atoms with E-state index in [9.17, 15) is 0 Å². The molecule has 18 heavy (non-hydrogen) atoms. The van der Waals surface area contributed by atoms with Crippen molar-refractivity contribution < 1.29 is 0 Å². The second-order valence-corrected chi connectivity index (χ2v) is 4.98. The zero-order chi connectivity index (χ0) is 12.2. The molecule has 0 spiro atoms. The lowest BCUT2D eigenvalue weighted by Gasteiger charge is -2.04. The van der Waals surface area contributed by atoms with Gasteiger partial charge < -0.3 is 0 Å². The molecule has 0 aliphatic carbocycles. The van der Waals surface area contributed by atoms with Crippen LogP contribution >= 0.6 is 11.3 Å². The summed E-state index contributed by atoms with van der Waals surface area (Å²) in [6.07, 6.45) is 0. The van der Waals surface area contributed by atoms with Crippen LogP contribution in [-0.2, 0) is 6.54 Å². The van der Waals surface area contributed by atoms with Gasteiger partial charge in [-0.25, -0.2) is 10.4 Å². The Hall–Kier alpha value is -1.91. The fourth-order valence-electron chi connectivity index (χ4n) is 1.74. The lowest BCUT2D eigenvalue weighted by Crippen LogP contribution is -2.20. The maximum atomic E-state index is 4.49. The average Bonchev–Trinajstić information content (AvgIpc) is 2.82. The van der Waals surface area contributed by atoms with E-state index >= 15 is 0 Å². The van der Waals surface area contributed by atoms with Crippen LogP contribution in [-0.4, -0.2) is 4.98 Å². The van der Waals surface area contributed by atoms with Gasteiger partial charge in [0.05, 0.1) is 10.2 Å². The summed E-state index contributed by atoms with van der Waals surface area (Å²) < 4.78 is 1.20. The highest BCUT2D eigenvalue weighted by Gasteiger charge is 2.01. The Labute approximate surface area is 109 Å². The number of fused-ring (bicyclic) bond motifs is 1. The summed E-state index contributed by atoms with van der Waals surface area (Å²) in [5.41, 5.74) is 8.59. The number of para-hydroxylation sites is 1. The van der Waals surface area contributed by atoms with E-state index in [2.05, 4.69) is 34.0 Å². The highest BCUT2D eigenvalue weighted by atomic mass is 32.1. The summed E-state index contributed by atoms with van der Waals surface area (Å²) in [5.74, 6) is 0. The molecule has 0 fully saturated rings. The van der Waals surface area contributed by atoms with Crippen LogP contribution in [0.5, 0.6) is 0 Å². The first kappa shape index (κ1) is 11.2. The third-order valence-corrected chi connectivity index (χ3v) is 3.58. The first-order valence-corrected chi connectivity index (χ1v) is 6.62. The fraction of sp³-hybridized carbons (Fsp3) is 0.0714. The second-order valence-electron chi connectivity index (χ2n) is 3.95. The molecule has 0 aliphatic heterocycles. The number of nitrogens with zero attached hydrogens (tertiary/aromatic N) is 1. The normalized spacial score (nSPS) is 10.7. The van der Waals surface area contributed by atoms with Crippen LogP contribution in [0.15, 0.2) is 54.6 Å². The molecule has 2 N–H and O–H groups in total. The van der Waals surface area contributed by atoms with Crippen LogP contribution in [0.25, 0.3) is 10.2 Å². The third-order valence-electron chi connectivity index (χ3n) is 2.62. The van der Waals surface area contributed by atoms with Crippen molar-refractivity contribution in [1.29, 1.82) is 0 Å². The van der Waals surface area contributed by atoms with Crippen LogP contribution in [0.2, 0.25) is 0 Å². The van der Waals surface area contributed by atoms with Crippen LogP contribution in [0.1, 0.15) is 5.56 Å². The van der Waals surface area contributed by atoms with Crippen molar-refractivity contribution in [3.05, 3.63) is 60.2 Å². The highest BCUT2D eigenvalue weighted by Crippen LogP contribution is 2.24. The maximum Gasteiger partial charge on any atom is 0.198 e. The molecule has 0 radical (unpaired) electrons. The van der Waals surface area contributed by atoms with Crippen molar-refractivity contribution in [3.8, 4) is 0 Å². The Morgan fingerprint density at radius 1 is 0.944 bits per heavy atom. The van der Waals surface area contributed by atoms with Gasteiger partial charge in [-0.1, -0.05) is 53.8 Å². The zero-order valence-electron chi connectivity index (χ0n) is 9.76. The first-order chi connectivity index (χ1) is 8.92. The molecule has 0 unspecified atom stereocenters. The fourth-order valence-corrected chi connectivity index (χ4v) is 2.58. The van der Waals surface area contributed by atoms with Gasteiger partial charge in [-0.3, -0.25) is 5.43 Å². The van der Waals surface area contributed by atoms with Gasteiger partial charge in [0.25, 0.3) is 0 Å². The minimum Gasteiger partial charge on any atom is -0.297 e. The van der Waals surface area contributed by atoms with Crippen molar-refractivity contribution in [2.75, 3.05) is 5.43 Å². The number of hydrazine groups is 1. The number of aromatic nitrogens is 1. The number of anilines is 1. The molecule has 90 valence electrons. The standard InChI is InChI=1S/C14H13N3S/c1-2-6-11(7-3-1)10-15-17-14-16-12-8-4-5-9-13(12)18-14/h1-9,15H,10H2,(H,16,17). The molecule has 3 rings (SSSR count). The van der Waals surface area contributed by atoms with Crippen LogP contribution in [0.3, 0.4) is 0 Å². The molecule has 4 heteroatoms. The predicted octanol–water partition coefficient (Wildman–Crippen LogP) is 3.41. The maximum absolute atomic E-state index is 4.49. The number of hydrogen-bond acceptors (Lipinski definition) is 4. The van der Waals surface area contributed by atoms with Gasteiger partial charge in [0, 0.05) is 6.54 Å². The molecular weight excluding hydrogens is 242 g/mol. The van der Waals surface area contributed by atoms with Gasteiger partial charge in [-0.2, -0.15) is 0 Å². The average molecular weight is 255 g/mol. The summed E-state index contributed by atoms with van der Waals surface area (Å²) in [6.45, 7) is 0.775. The molecule has 0 saturated heterocycles. The minimum absolute atomic E-state index is 0.775. The summed E-state index contributed by atoms with van der Waals surface area (Å²) in [5, 5.41) is 0.895. The number of thiazole rings is 1. The van der Waals surface area contributed by atoms with E-state index in [0.717, 1.165) is 17.2 Å². The topological polar surface area (TPSA) is 37.0 Å². The molecule has 1 aromatic heterocycles. The predicted molar refractivity (Wildman–Crippen MR) is 76.5 cm³/mol. The summed E-state index contributed by atoms with van der Waals surface area (Å²) >= 11 is 1.65. The molecule has 3 aromatic rings. The number of nitrogens with one attached hydrogen (secondary N) is 2. The van der Waals surface area contributed by atoms with E-state index in [1.807, 2.05) is 36.4 Å². The Balaban J connectivity index is 1.63. The molecule has 0 amide bonds. The lowest BCUT2D eigenvalue weighted by molar-refractivity contribution is 0.800. The quantitative estimate of drug-likeness (QED) is 0.701. The molecule has 0 aliphatic rings. The van der Waals surface area contributed by atoms with Gasteiger partial charge in [-0.05, 0) is 17.7 Å². The van der Waals surface area contributed by atoms with Gasteiger partial charge in [0.15, 0.2) is 5.13 Å². The summed E-state index contributed by atoms with van der Waals surface area (Å²) in [7, 11) is 0. The Morgan fingerprint density at radius 3 is 2.56 bits per heavy atom. The third kappa shape index (κ3) is 2.50. The second kappa shape index (κ2) is 5.16. The van der Waals surface area contributed by atoms with Crippen molar-refractivity contribution in [2.45, 2.75) is 6.54 Å². The number of benzene rings is 2. The largest absolute Gasteiger partial charge is 0.297 e. The first-order valence-electron chi connectivity index (χ1n) is 5.80. The molecule has 0 atom stereocenters. The van der Waals surface area contributed by atoms with E-state index in [1.165, 1.54) is 10.3 Å². The van der Waals surface area contributed by atoms with E-state index in [1.54, 1.807) is 11.3 Å². The Bertz CT molecular complexity index is 601. The monoisotopic (exact) mass is 255 g/mol. The molecule has 0 saturated carbocycles. The summed E-state index contributed by atoms with van der Waals surface area (Å²) in [4.78, 5) is 4.49. The van der Waals surface area contributed by atoms with Crippen molar-refractivity contribution in [3.63, 3.8) is 0 Å². The SMILES string of the molecule is c1ccc(CNNc2nc3ccccc3s2)cc1. The van der Waals surface area contributed by atoms with E-state index in [-0.39, 0.29) is 0 Å². The van der Waals surface area contributed by atoms with Gasteiger partial charge in [0.2, 0.25) is 0 Å². The molecule has 1 heterocycles. The number of rotatable bonds is 4. The van der Waals surface area contributed by atoms with E-state index in [4.69, 9.17) is 0 Å². The van der Waals surface area contributed by atoms with Crippen LogP contribution < -0.4 is 10.9 Å². The number of hydrogen-bond donors (Lipinski definition) is 2.